The van der Waals surface area contributed by atoms with Crippen LogP contribution in [-0.4, -0.2) is 10.0 Å². The molecule has 0 bridgehead atoms. The normalized spacial score (nSPS) is 10.9. The average Bonchev–Trinajstić information content (AvgIpc) is 1.87. The lowest BCUT2D eigenvalue weighted by molar-refractivity contribution is 0.455. The van der Waals surface area contributed by atoms with Crippen molar-refractivity contribution in [1.29, 1.82) is 0 Å². The molecule has 0 atom stereocenters. The molecule has 0 aliphatic carbocycles. The number of allylic oxidation sites excluding steroid dienone is 1. The predicted molar refractivity (Wildman–Crippen MR) is 41.7 cm³/mol. The molecule has 0 aliphatic heterocycles. The highest BCUT2D eigenvalue weighted by molar-refractivity contribution is 5.01. The monoisotopic (exact) mass is 140 g/mol. The van der Waals surface area contributed by atoms with Gasteiger partial charge in [0.1, 0.15) is 0 Å². The first-order valence-electron chi connectivity index (χ1n) is 2.85. The maximum absolute atomic E-state index is 8.37. The van der Waals surface area contributed by atoms with E-state index in [0.29, 0.717) is 0 Å². The Morgan fingerprint density at radius 2 is 2.20 bits per heavy atom. The van der Waals surface area contributed by atoms with Gasteiger partial charge in [-0.2, -0.15) is 0 Å². The van der Waals surface area contributed by atoms with E-state index in [9.17, 15) is 0 Å². The van der Waals surface area contributed by atoms with Crippen molar-refractivity contribution in [2.24, 2.45) is 5.73 Å². The quantitative estimate of drug-likeness (QED) is 0.580. The van der Waals surface area contributed by atoms with Crippen molar-refractivity contribution in [2.45, 2.75) is 6.92 Å². The third-order valence-electron chi connectivity index (χ3n) is 0.915. The van der Waals surface area contributed by atoms with Crippen molar-refractivity contribution in [1.82, 2.24) is 4.90 Å². The van der Waals surface area contributed by atoms with E-state index >= 15 is 0 Å². The Hall–Kier alpha value is -1.38. The molecule has 0 aliphatic rings. The van der Waals surface area contributed by atoms with Crippen molar-refractivity contribution in [3.05, 3.63) is 37.1 Å². The Bertz CT molecular complexity index is 149. The van der Waals surface area contributed by atoms with E-state index in [4.69, 9.17) is 10.8 Å². The molecule has 0 amide bonds. The zero-order valence-electron chi connectivity index (χ0n) is 5.99. The lowest BCUT2D eigenvalue weighted by atomic mass is 10.5. The zero-order valence-corrected chi connectivity index (χ0v) is 5.99. The minimum Gasteiger partial charge on any atom is -0.514 e. The van der Waals surface area contributed by atoms with Crippen molar-refractivity contribution in [3.8, 4) is 0 Å². The van der Waals surface area contributed by atoms with Gasteiger partial charge in [0.05, 0.1) is 6.26 Å². The highest BCUT2D eigenvalue weighted by Gasteiger charge is 1.90. The number of aliphatic hydroxyl groups is 1. The van der Waals surface area contributed by atoms with Gasteiger partial charge in [-0.3, -0.25) is 0 Å². The topological polar surface area (TPSA) is 49.5 Å². The first-order valence-corrected chi connectivity index (χ1v) is 2.85. The predicted octanol–water partition coefficient (Wildman–Crippen LogP) is 1.28. The molecule has 0 aromatic heterocycles. The van der Waals surface area contributed by atoms with E-state index in [1.807, 2.05) is 0 Å². The van der Waals surface area contributed by atoms with Crippen LogP contribution in [0.5, 0.6) is 0 Å². The van der Waals surface area contributed by atoms with Crippen molar-refractivity contribution in [3.63, 3.8) is 0 Å². The van der Waals surface area contributed by atoms with Gasteiger partial charge in [-0.25, -0.2) is 0 Å². The summed E-state index contributed by atoms with van der Waals surface area (Å²) in [6.45, 7) is 5.46. The Morgan fingerprint density at radius 3 is 2.50 bits per heavy atom. The Balaban J connectivity index is 4.11. The van der Waals surface area contributed by atoms with Gasteiger partial charge in [0.15, 0.2) is 0 Å². The summed E-state index contributed by atoms with van der Waals surface area (Å²) in [5.74, 6) is 0. The number of hydrogen-bond acceptors (Lipinski definition) is 3. The van der Waals surface area contributed by atoms with E-state index in [1.54, 1.807) is 18.0 Å². The summed E-state index contributed by atoms with van der Waals surface area (Å²) in [5.41, 5.74) is 5.90. The van der Waals surface area contributed by atoms with Crippen LogP contribution < -0.4 is 5.73 Å². The molecular formula is C7H12N2O. The number of nitrogens with zero attached hydrogens (tertiary/aromatic N) is 1. The number of rotatable bonds is 3. The molecule has 0 unspecified atom stereocenters. The maximum atomic E-state index is 8.37. The van der Waals surface area contributed by atoms with E-state index in [-0.39, 0.29) is 0 Å². The molecule has 0 aromatic carbocycles. The lowest BCUT2D eigenvalue weighted by Crippen LogP contribution is -2.05. The summed E-state index contributed by atoms with van der Waals surface area (Å²) in [5, 5.41) is 8.37. The molecule has 0 heterocycles. The maximum Gasteiger partial charge on any atom is 0.0957 e. The summed E-state index contributed by atoms with van der Waals surface area (Å²) < 4.78 is 0. The third kappa shape index (κ3) is 2.81. The number of nitrogens with two attached hydrogens (primary N) is 1. The molecule has 3 N–H and O–H groups in total. The number of aliphatic hydroxyl groups excluding tert-OH is 1. The molecule has 0 radical (unpaired) electrons. The molecule has 0 saturated heterocycles. The zero-order chi connectivity index (χ0) is 7.98. The Kier molecular flexibility index (Phi) is 3.87. The minimum absolute atomic E-state index is 0.784. The first kappa shape index (κ1) is 8.62. The van der Waals surface area contributed by atoms with Crippen molar-refractivity contribution in [2.75, 3.05) is 0 Å². The fraction of sp³-hybridized carbons (Fsp3) is 0.143. The van der Waals surface area contributed by atoms with E-state index in [1.165, 1.54) is 12.4 Å². The van der Waals surface area contributed by atoms with Crippen LogP contribution in [0.25, 0.3) is 0 Å². The fourth-order valence-corrected chi connectivity index (χ4v) is 0.469. The van der Waals surface area contributed by atoms with Crippen LogP contribution in [0.3, 0.4) is 0 Å². The second-order valence-corrected chi connectivity index (χ2v) is 1.78. The highest BCUT2D eigenvalue weighted by Crippen LogP contribution is 2.00. The molecule has 0 aromatic rings. The van der Waals surface area contributed by atoms with Gasteiger partial charge in [-0.15, -0.1) is 0 Å². The van der Waals surface area contributed by atoms with Gasteiger partial charge in [-0.05, 0) is 6.92 Å². The molecule has 0 saturated carbocycles. The van der Waals surface area contributed by atoms with Crippen LogP contribution in [0.1, 0.15) is 6.92 Å². The van der Waals surface area contributed by atoms with Crippen LogP contribution in [0.4, 0.5) is 0 Å². The van der Waals surface area contributed by atoms with Crippen LogP contribution in [0.2, 0.25) is 0 Å². The smallest absolute Gasteiger partial charge is 0.0957 e. The molecule has 3 nitrogen and oxygen atoms in total. The lowest BCUT2D eigenvalue weighted by Gasteiger charge is -2.12. The first-order chi connectivity index (χ1) is 4.72. The summed E-state index contributed by atoms with van der Waals surface area (Å²) >= 11 is 0. The van der Waals surface area contributed by atoms with Gasteiger partial charge in [0.25, 0.3) is 0 Å². The fourth-order valence-electron chi connectivity index (χ4n) is 0.469. The Labute approximate surface area is 60.8 Å². The summed E-state index contributed by atoms with van der Waals surface area (Å²) in [7, 11) is 0. The van der Waals surface area contributed by atoms with Gasteiger partial charge < -0.3 is 15.7 Å². The van der Waals surface area contributed by atoms with E-state index < -0.39 is 0 Å². The van der Waals surface area contributed by atoms with E-state index in [0.717, 1.165) is 12.0 Å². The molecule has 0 rings (SSSR count). The molecule has 0 spiro atoms. The number of hydrogen-bond donors (Lipinski definition) is 2. The van der Waals surface area contributed by atoms with Crippen LogP contribution in [0.15, 0.2) is 37.1 Å². The molecule has 0 fully saturated rings. The van der Waals surface area contributed by atoms with Crippen LogP contribution in [-0.2, 0) is 0 Å². The Morgan fingerprint density at radius 1 is 1.60 bits per heavy atom. The SMILES string of the molecule is C=C(C)N(/C=C\N)/C=C\O. The van der Waals surface area contributed by atoms with Gasteiger partial charge in [-0.1, -0.05) is 6.58 Å². The summed E-state index contributed by atoms with van der Waals surface area (Å²) in [6, 6.07) is 0. The van der Waals surface area contributed by atoms with Crippen molar-refractivity contribution < 1.29 is 5.11 Å². The van der Waals surface area contributed by atoms with Gasteiger partial charge >= 0.3 is 0 Å². The second kappa shape index (κ2) is 4.49. The molecule has 10 heavy (non-hydrogen) atoms. The van der Waals surface area contributed by atoms with Crippen LogP contribution >= 0.6 is 0 Å². The van der Waals surface area contributed by atoms with Gasteiger partial charge in [0, 0.05) is 24.3 Å². The van der Waals surface area contributed by atoms with Crippen LogP contribution in [0, 0.1) is 0 Å². The standard InChI is InChI=1S/C7H12N2O/c1-7(2)9(4-3-8)5-6-10/h3-6,10H,1,8H2,2H3/b4-3-,6-5-. The highest BCUT2D eigenvalue weighted by atomic mass is 16.2. The summed E-state index contributed by atoms with van der Waals surface area (Å²) in [4.78, 5) is 1.60. The molecule has 56 valence electrons. The average molecular weight is 140 g/mol. The van der Waals surface area contributed by atoms with Crippen molar-refractivity contribution >= 4 is 0 Å². The van der Waals surface area contributed by atoms with Gasteiger partial charge in [0.2, 0.25) is 0 Å². The minimum atomic E-state index is 0.784. The molecular weight excluding hydrogens is 128 g/mol. The molecule has 3 heteroatoms. The second-order valence-electron chi connectivity index (χ2n) is 1.78. The van der Waals surface area contributed by atoms with E-state index in [2.05, 4.69) is 6.58 Å². The largest absolute Gasteiger partial charge is 0.514 e. The summed E-state index contributed by atoms with van der Waals surface area (Å²) in [6.07, 6.45) is 5.34. The third-order valence-corrected chi connectivity index (χ3v) is 0.915.